The molecule has 7 heteroatoms. The van der Waals surface area contributed by atoms with Crippen LogP contribution in [-0.4, -0.2) is 36.9 Å². The lowest BCUT2D eigenvalue weighted by Crippen LogP contribution is -2.52. The molecule has 2 N–H and O–H groups in total. The van der Waals surface area contributed by atoms with Gasteiger partial charge < -0.3 is 10.2 Å². The number of carbonyl (C=O) groups excluding carboxylic acids is 3. The number of benzene rings is 1. The number of amides is 3. The zero-order valence-corrected chi connectivity index (χ0v) is 14.2. The number of piperidine rings is 2. The zero-order chi connectivity index (χ0) is 18.0. The van der Waals surface area contributed by atoms with Gasteiger partial charge in [0.25, 0.3) is 5.91 Å². The second-order valence-electron chi connectivity index (χ2n) is 6.81. The minimum absolute atomic E-state index is 0.0983. The van der Waals surface area contributed by atoms with Gasteiger partial charge in [-0.2, -0.15) is 0 Å². The molecule has 1 unspecified atom stereocenters. The number of carbonyl (C=O) groups is 3. The first-order valence-corrected chi connectivity index (χ1v) is 8.63. The van der Waals surface area contributed by atoms with Crippen LogP contribution in [0.3, 0.4) is 0 Å². The van der Waals surface area contributed by atoms with Crippen LogP contribution in [0, 0.1) is 11.7 Å². The van der Waals surface area contributed by atoms with Crippen molar-refractivity contribution in [3.05, 3.63) is 29.6 Å². The molecule has 2 aliphatic heterocycles. The Kier molecular flexibility index (Phi) is 5.01. The smallest absolute Gasteiger partial charge is 0.254 e. The Hall–Kier alpha value is -2.44. The van der Waals surface area contributed by atoms with Gasteiger partial charge in [-0.15, -0.1) is 0 Å². The molecule has 1 atom stereocenters. The van der Waals surface area contributed by atoms with E-state index in [-0.39, 0.29) is 24.3 Å². The van der Waals surface area contributed by atoms with Crippen molar-refractivity contribution in [1.82, 2.24) is 10.6 Å². The van der Waals surface area contributed by atoms with E-state index in [1.165, 1.54) is 12.1 Å². The Morgan fingerprint density at radius 1 is 1.24 bits per heavy atom. The van der Waals surface area contributed by atoms with Crippen LogP contribution in [0.1, 0.15) is 43.0 Å². The summed E-state index contributed by atoms with van der Waals surface area (Å²) in [5.41, 5.74) is 0.667. The van der Waals surface area contributed by atoms with Gasteiger partial charge in [0.15, 0.2) is 0 Å². The number of imide groups is 1. The van der Waals surface area contributed by atoms with Gasteiger partial charge >= 0.3 is 0 Å². The van der Waals surface area contributed by atoms with Crippen molar-refractivity contribution < 1.29 is 18.8 Å². The summed E-state index contributed by atoms with van der Waals surface area (Å²) < 4.78 is 14.4. The van der Waals surface area contributed by atoms with Gasteiger partial charge in [-0.25, -0.2) is 4.39 Å². The molecular weight excluding hydrogens is 325 g/mol. The van der Waals surface area contributed by atoms with E-state index >= 15 is 0 Å². The largest absolute Gasteiger partial charge is 0.371 e. The van der Waals surface area contributed by atoms with Gasteiger partial charge in [-0.3, -0.25) is 19.7 Å². The number of rotatable bonds is 3. The molecule has 2 saturated heterocycles. The average molecular weight is 347 g/mol. The highest BCUT2D eigenvalue weighted by atomic mass is 19.1. The molecule has 0 bridgehead atoms. The van der Waals surface area contributed by atoms with Gasteiger partial charge in [0.2, 0.25) is 11.8 Å². The summed E-state index contributed by atoms with van der Waals surface area (Å²) in [7, 11) is 0. The highest BCUT2D eigenvalue weighted by molar-refractivity contribution is 6.03. The van der Waals surface area contributed by atoms with Gasteiger partial charge in [-0.1, -0.05) is 6.92 Å². The predicted octanol–water partition coefficient (Wildman–Crippen LogP) is 1.60. The Morgan fingerprint density at radius 3 is 2.60 bits per heavy atom. The number of nitrogens with one attached hydrogen (secondary N) is 2. The first-order chi connectivity index (χ1) is 11.9. The zero-order valence-electron chi connectivity index (χ0n) is 14.2. The van der Waals surface area contributed by atoms with Crippen LogP contribution in [0.2, 0.25) is 0 Å². The fourth-order valence-corrected chi connectivity index (χ4v) is 3.22. The van der Waals surface area contributed by atoms with Crippen molar-refractivity contribution in [3.63, 3.8) is 0 Å². The van der Waals surface area contributed by atoms with Crippen molar-refractivity contribution in [1.29, 1.82) is 0 Å². The fraction of sp³-hybridized carbons (Fsp3) is 0.500. The molecule has 1 aromatic carbocycles. The minimum Gasteiger partial charge on any atom is -0.371 e. The van der Waals surface area contributed by atoms with Crippen LogP contribution in [0.15, 0.2) is 18.2 Å². The fourth-order valence-electron chi connectivity index (χ4n) is 3.22. The molecule has 6 nitrogen and oxygen atoms in total. The topological polar surface area (TPSA) is 78.5 Å². The number of hydrogen-bond donors (Lipinski definition) is 2. The van der Waals surface area contributed by atoms with E-state index in [9.17, 15) is 18.8 Å². The first-order valence-electron chi connectivity index (χ1n) is 8.63. The predicted molar refractivity (Wildman–Crippen MR) is 90.6 cm³/mol. The summed E-state index contributed by atoms with van der Waals surface area (Å²) in [5, 5.41) is 4.66. The second-order valence-corrected chi connectivity index (χ2v) is 6.81. The third kappa shape index (κ3) is 3.97. The van der Waals surface area contributed by atoms with Crippen LogP contribution in [0.5, 0.6) is 0 Å². The first kappa shape index (κ1) is 17.4. The minimum atomic E-state index is -0.812. The van der Waals surface area contributed by atoms with Gasteiger partial charge in [0.1, 0.15) is 11.9 Å². The lowest BCUT2D eigenvalue weighted by Gasteiger charge is -2.32. The Bertz CT molecular complexity index is 699. The van der Waals surface area contributed by atoms with E-state index in [0.29, 0.717) is 5.92 Å². The van der Waals surface area contributed by atoms with E-state index in [4.69, 9.17) is 0 Å². The number of hydrogen-bond acceptors (Lipinski definition) is 4. The highest BCUT2D eigenvalue weighted by Crippen LogP contribution is 2.24. The van der Waals surface area contributed by atoms with Crippen LogP contribution in [-0.2, 0) is 9.59 Å². The number of halogens is 1. The summed E-state index contributed by atoms with van der Waals surface area (Å²) in [4.78, 5) is 37.2. The maximum absolute atomic E-state index is 14.4. The van der Waals surface area contributed by atoms with Crippen molar-refractivity contribution >= 4 is 23.4 Å². The summed E-state index contributed by atoms with van der Waals surface area (Å²) in [6.45, 7) is 3.96. The monoisotopic (exact) mass is 347 g/mol. The Morgan fingerprint density at radius 2 is 1.96 bits per heavy atom. The van der Waals surface area contributed by atoms with E-state index in [1.807, 2.05) is 0 Å². The lowest BCUT2D eigenvalue weighted by atomic mass is 9.98. The molecule has 1 aromatic rings. The molecule has 2 aliphatic rings. The van der Waals surface area contributed by atoms with Gasteiger partial charge in [0, 0.05) is 25.2 Å². The summed E-state index contributed by atoms with van der Waals surface area (Å²) in [6, 6.07) is 3.74. The molecule has 0 spiro atoms. The van der Waals surface area contributed by atoms with Gasteiger partial charge in [0.05, 0.1) is 5.56 Å². The summed E-state index contributed by atoms with van der Waals surface area (Å²) >= 11 is 0. The molecular formula is C18H22FN3O3. The average Bonchev–Trinajstić information content (AvgIpc) is 2.58. The van der Waals surface area contributed by atoms with Crippen molar-refractivity contribution in [2.45, 2.75) is 38.6 Å². The van der Waals surface area contributed by atoms with E-state index in [1.54, 1.807) is 6.07 Å². The quantitative estimate of drug-likeness (QED) is 0.814. The highest BCUT2D eigenvalue weighted by Gasteiger charge is 2.29. The molecule has 3 amide bonds. The molecule has 2 fully saturated rings. The Labute approximate surface area is 145 Å². The maximum Gasteiger partial charge on any atom is 0.254 e. The SMILES string of the molecule is CC1CCN(c2ccc(C(=O)NC3CCC(=O)NC3=O)c(F)c2)CC1. The standard InChI is InChI=1S/C18H22FN3O3/c1-11-6-8-22(9-7-11)12-2-3-13(14(19)10-12)17(24)20-15-4-5-16(23)21-18(15)25/h2-3,10-11,15H,4-9H2,1H3,(H,20,24)(H,21,23,25). The van der Waals surface area contributed by atoms with Crippen LogP contribution in [0.25, 0.3) is 0 Å². The lowest BCUT2D eigenvalue weighted by molar-refractivity contribution is -0.134. The third-order valence-electron chi connectivity index (χ3n) is 4.89. The molecule has 0 radical (unpaired) electrons. The molecule has 3 rings (SSSR count). The maximum atomic E-state index is 14.4. The molecule has 0 aliphatic carbocycles. The van der Waals surface area contributed by atoms with Crippen LogP contribution >= 0.6 is 0 Å². The van der Waals surface area contributed by atoms with E-state index in [0.717, 1.165) is 31.6 Å². The number of nitrogens with zero attached hydrogens (tertiary/aromatic N) is 1. The van der Waals surface area contributed by atoms with E-state index in [2.05, 4.69) is 22.5 Å². The van der Waals surface area contributed by atoms with Crippen molar-refractivity contribution in [2.24, 2.45) is 5.92 Å². The van der Waals surface area contributed by atoms with E-state index < -0.39 is 23.7 Å². The van der Waals surface area contributed by atoms with Crippen molar-refractivity contribution in [2.75, 3.05) is 18.0 Å². The molecule has 2 heterocycles. The van der Waals surface area contributed by atoms with Crippen LogP contribution < -0.4 is 15.5 Å². The third-order valence-corrected chi connectivity index (χ3v) is 4.89. The summed E-state index contributed by atoms with van der Waals surface area (Å²) in [5.74, 6) is -1.49. The second kappa shape index (κ2) is 7.21. The normalized spacial score (nSPS) is 21.8. The molecule has 25 heavy (non-hydrogen) atoms. The van der Waals surface area contributed by atoms with Crippen molar-refractivity contribution in [3.8, 4) is 0 Å². The van der Waals surface area contributed by atoms with Crippen LogP contribution in [0.4, 0.5) is 10.1 Å². The summed E-state index contributed by atoms with van der Waals surface area (Å²) in [6.07, 6.45) is 2.52. The number of anilines is 1. The molecule has 0 saturated carbocycles. The molecule has 134 valence electrons. The molecule has 0 aromatic heterocycles. The Balaban J connectivity index is 1.67. The van der Waals surface area contributed by atoms with Gasteiger partial charge in [-0.05, 0) is 43.4 Å².